The van der Waals surface area contributed by atoms with Crippen LogP contribution < -0.4 is 10.6 Å². The van der Waals surface area contributed by atoms with E-state index in [1.54, 1.807) is 25.6 Å². The fourth-order valence-electron chi connectivity index (χ4n) is 1.67. The second-order valence-electron chi connectivity index (χ2n) is 4.68. The fraction of sp³-hybridized carbons (Fsp3) is 0.385. The molecule has 20 heavy (non-hydrogen) atoms. The summed E-state index contributed by atoms with van der Waals surface area (Å²) < 4.78 is 0. The Hall–Kier alpha value is -2.44. The van der Waals surface area contributed by atoms with Crippen molar-refractivity contribution in [2.45, 2.75) is 26.3 Å². The van der Waals surface area contributed by atoms with E-state index in [2.05, 4.69) is 30.8 Å². The van der Waals surface area contributed by atoms with Gasteiger partial charge in [-0.25, -0.2) is 9.97 Å². The summed E-state index contributed by atoms with van der Waals surface area (Å²) in [5, 5.41) is 12.3. The minimum Gasteiger partial charge on any atom is -0.385 e. The second-order valence-corrected chi connectivity index (χ2v) is 4.68. The van der Waals surface area contributed by atoms with Crippen molar-refractivity contribution in [2.75, 3.05) is 12.4 Å². The van der Waals surface area contributed by atoms with Crippen LogP contribution in [-0.2, 0) is 6.54 Å². The molecule has 2 aromatic rings. The molecule has 7 nitrogen and oxygen atoms in total. The number of nitrogens with one attached hydrogen (secondary N) is 3. The number of nitrogens with zero attached hydrogens (tertiary/aromatic N) is 3. The first kappa shape index (κ1) is 14.0. The van der Waals surface area contributed by atoms with Gasteiger partial charge in [-0.3, -0.25) is 9.89 Å². The molecule has 0 bridgehead atoms. The zero-order valence-electron chi connectivity index (χ0n) is 11.8. The van der Waals surface area contributed by atoms with Crippen molar-refractivity contribution >= 4 is 11.6 Å². The Morgan fingerprint density at radius 1 is 1.40 bits per heavy atom. The van der Waals surface area contributed by atoms with E-state index in [-0.39, 0.29) is 11.8 Å². The highest BCUT2D eigenvalue weighted by Crippen LogP contribution is 2.15. The number of rotatable bonds is 5. The molecule has 2 rings (SSSR count). The summed E-state index contributed by atoms with van der Waals surface area (Å²) in [6.45, 7) is 4.38. The lowest BCUT2D eigenvalue weighted by Crippen LogP contribution is -2.25. The average Bonchev–Trinajstić information content (AvgIpc) is 2.97. The Labute approximate surface area is 117 Å². The van der Waals surface area contributed by atoms with Crippen molar-refractivity contribution in [2.24, 2.45) is 0 Å². The lowest BCUT2D eigenvalue weighted by Gasteiger charge is -2.11. The number of hydrogen-bond acceptors (Lipinski definition) is 5. The van der Waals surface area contributed by atoms with E-state index < -0.39 is 0 Å². The highest BCUT2D eigenvalue weighted by molar-refractivity contribution is 5.97. The predicted octanol–water partition coefficient (Wildman–Crippen LogP) is 1.29. The molecule has 106 valence electrons. The van der Waals surface area contributed by atoms with Crippen LogP contribution in [0.4, 0.5) is 5.69 Å². The number of aromatic amines is 1. The number of aromatic nitrogens is 4. The van der Waals surface area contributed by atoms with Gasteiger partial charge in [0, 0.05) is 31.3 Å². The van der Waals surface area contributed by atoms with Crippen LogP contribution in [0.1, 0.15) is 41.6 Å². The second kappa shape index (κ2) is 6.14. The zero-order chi connectivity index (χ0) is 14.5. The molecule has 0 aliphatic heterocycles. The van der Waals surface area contributed by atoms with Crippen molar-refractivity contribution in [3.8, 4) is 0 Å². The molecule has 0 saturated heterocycles. The third-order valence-electron chi connectivity index (χ3n) is 2.82. The van der Waals surface area contributed by atoms with Crippen molar-refractivity contribution in [1.82, 2.24) is 25.5 Å². The van der Waals surface area contributed by atoms with E-state index in [4.69, 9.17) is 0 Å². The Balaban J connectivity index is 2.16. The lowest BCUT2D eigenvalue weighted by atomic mass is 10.2. The van der Waals surface area contributed by atoms with Gasteiger partial charge in [0.1, 0.15) is 5.82 Å². The van der Waals surface area contributed by atoms with Crippen molar-refractivity contribution in [3.05, 3.63) is 35.7 Å². The van der Waals surface area contributed by atoms with E-state index in [9.17, 15) is 4.79 Å². The molecule has 0 spiro atoms. The van der Waals surface area contributed by atoms with Gasteiger partial charge in [-0.05, 0) is 0 Å². The number of anilines is 1. The van der Waals surface area contributed by atoms with E-state index in [0.717, 1.165) is 5.56 Å². The first-order chi connectivity index (χ1) is 9.61. The Kier molecular flexibility index (Phi) is 4.29. The monoisotopic (exact) mass is 274 g/mol. The van der Waals surface area contributed by atoms with Crippen LogP contribution >= 0.6 is 0 Å². The number of carbonyl (C=O) groups is 1. The van der Waals surface area contributed by atoms with Crippen molar-refractivity contribution < 1.29 is 4.79 Å². The van der Waals surface area contributed by atoms with Gasteiger partial charge in [-0.1, -0.05) is 13.8 Å². The van der Waals surface area contributed by atoms with Crippen LogP contribution in [0.2, 0.25) is 0 Å². The summed E-state index contributed by atoms with van der Waals surface area (Å²) in [6, 6.07) is 0. The third kappa shape index (κ3) is 3.11. The van der Waals surface area contributed by atoms with Gasteiger partial charge in [0.05, 0.1) is 18.1 Å². The molecule has 0 unspecified atom stereocenters. The molecule has 0 aromatic carbocycles. The van der Waals surface area contributed by atoms with Gasteiger partial charge in [-0.2, -0.15) is 5.10 Å². The number of H-pyrrole nitrogens is 1. The summed E-state index contributed by atoms with van der Waals surface area (Å²) in [7, 11) is 1.74. The maximum Gasteiger partial charge on any atom is 0.272 e. The molecular weight excluding hydrogens is 256 g/mol. The summed E-state index contributed by atoms with van der Waals surface area (Å²) in [4.78, 5) is 20.8. The first-order valence-electron chi connectivity index (χ1n) is 6.42. The van der Waals surface area contributed by atoms with Crippen LogP contribution in [-0.4, -0.2) is 33.1 Å². The topological polar surface area (TPSA) is 95.6 Å². The zero-order valence-corrected chi connectivity index (χ0v) is 11.8. The van der Waals surface area contributed by atoms with E-state index in [1.165, 1.54) is 0 Å². The standard InChI is InChI=1S/C13H18N6O/c1-8(2)12-15-7-10(14-3)11(19-12)13(20)16-4-9-5-17-18-6-9/h5-8,14H,4H2,1-3H3,(H,16,20)(H,17,18). The minimum atomic E-state index is -0.236. The van der Waals surface area contributed by atoms with Gasteiger partial charge < -0.3 is 10.6 Å². The Morgan fingerprint density at radius 3 is 2.80 bits per heavy atom. The van der Waals surface area contributed by atoms with Crippen LogP contribution in [0.15, 0.2) is 18.6 Å². The highest BCUT2D eigenvalue weighted by atomic mass is 16.1. The van der Waals surface area contributed by atoms with E-state index in [1.807, 2.05) is 13.8 Å². The SMILES string of the molecule is CNc1cnc(C(C)C)nc1C(=O)NCc1cn[nH]c1. The predicted molar refractivity (Wildman–Crippen MR) is 75.4 cm³/mol. The number of amides is 1. The van der Waals surface area contributed by atoms with Crippen LogP contribution in [0.25, 0.3) is 0 Å². The van der Waals surface area contributed by atoms with Crippen molar-refractivity contribution in [3.63, 3.8) is 0 Å². The van der Waals surface area contributed by atoms with Gasteiger partial charge in [0.2, 0.25) is 0 Å². The normalized spacial score (nSPS) is 10.6. The van der Waals surface area contributed by atoms with Gasteiger partial charge >= 0.3 is 0 Å². The molecule has 1 amide bonds. The Morgan fingerprint density at radius 2 is 2.20 bits per heavy atom. The number of hydrogen-bond donors (Lipinski definition) is 3. The van der Waals surface area contributed by atoms with Gasteiger partial charge in [0.15, 0.2) is 5.69 Å². The molecular formula is C13H18N6O. The van der Waals surface area contributed by atoms with Crippen LogP contribution in [0.3, 0.4) is 0 Å². The molecule has 0 saturated carbocycles. The van der Waals surface area contributed by atoms with Crippen LogP contribution in [0.5, 0.6) is 0 Å². The van der Waals surface area contributed by atoms with Crippen molar-refractivity contribution in [1.29, 1.82) is 0 Å². The van der Waals surface area contributed by atoms with E-state index in [0.29, 0.717) is 23.8 Å². The molecule has 0 radical (unpaired) electrons. The molecule has 0 atom stereocenters. The van der Waals surface area contributed by atoms with Gasteiger partial charge in [-0.15, -0.1) is 0 Å². The molecule has 2 aromatic heterocycles. The quantitative estimate of drug-likeness (QED) is 0.763. The number of carbonyl (C=O) groups excluding carboxylic acids is 1. The lowest BCUT2D eigenvalue weighted by molar-refractivity contribution is 0.0946. The minimum absolute atomic E-state index is 0.168. The highest BCUT2D eigenvalue weighted by Gasteiger charge is 2.15. The molecule has 0 aliphatic rings. The first-order valence-corrected chi connectivity index (χ1v) is 6.42. The summed E-state index contributed by atoms with van der Waals surface area (Å²) in [5.41, 5.74) is 1.87. The fourth-order valence-corrected chi connectivity index (χ4v) is 1.67. The largest absolute Gasteiger partial charge is 0.385 e. The van der Waals surface area contributed by atoms with Gasteiger partial charge in [0.25, 0.3) is 5.91 Å². The maximum absolute atomic E-state index is 12.2. The maximum atomic E-state index is 12.2. The molecule has 0 aliphatic carbocycles. The molecule has 7 heteroatoms. The Bertz CT molecular complexity index is 579. The molecule has 2 heterocycles. The molecule has 0 fully saturated rings. The smallest absolute Gasteiger partial charge is 0.272 e. The molecule has 3 N–H and O–H groups in total. The van der Waals surface area contributed by atoms with E-state index >= 15 is 0 Å². The summed E-state index contributed by atoms with van der Waals surface area (Å²) >= 11 is 0. The summed E-state index contributed by atoms with van der Waals surface area (Å²) in [6.07, 6.45) is 5.03. The summed E-state index contributed by atoms with van der Waals surface area (Å²) in [5.74, 6) is 0.582. The van der Waals surface area contributed by atoms with Crippen LogP contribution in [0, 0.1) is 0 Å². The third-order valence-corrected chi connectivity index (χ3v) is 2.82. The average molecular weight is 274 g/mol.